The predicted molar refractivity (Wildman–Crippen MR) is 84.1 cm³/mol. The molecule has 0 radical (unpaired) electrons. The van der Waals surface area contributed by atoms with Gasteiger partial charge in [0.25, 0.3) is 5.91 Å². The molecule has 1 aromatic rings. The Bertz CT molecular complexity index is 592. The number of primary amides is 1. The van der Waals surface area contributed by atoms with Crippen LogP contribution in [-0.2, 0) is 9.53 Å². The second-order valence-electron chi connectivity index (χ2n) is 6.26. The number of hydrogen-bond acceptors (Lipinski definition) is 4. The summed E-state index contributed by atoms with van der Waals surface area (Å²) in [4.78, 5) is 24.5. The minimum Gasteiger partial charge on any atom is -0.492 e. The van der Waals surface area contributed by atoms with Gasteiger partial charge in [-0.1, -0.05) is 12.1 Å². The van der Waals surface area contributed by atoms with E-state index in [9.17, 15) is 9.59 Å². The molecule has 1 aliphatic heterocycles. The summed E-state index contributed by atoms with van der Waals surface area (Å²) >= 11 is 0. The fourth-order valence-electron chi connectivity index (χ4n) is 2.71. The second-order valence-corrected chi connectivity index (χ2v) is 6.26. The molecule has 3 rings (SSSR count). The molecule has 6 nitrogen and oxygen atoms in total. The van der Waals surface area contributed by atoms with Gasteiger partial charge in [0.05, 0.1) is 12.2 Å². The summed E-state index contributed by atoms with van der Waals surface area (Å²) in [6, 6.07) is 7.08. The molecule has 1 saturated carbocycles. The maximum atomic E-state index is 12.7. The highest BCUT2D eigenvalue weighted by Crippen LogP contribution is 2.30. The van der Waals surface area contributed by atoms with Crippen LogP contribution in [0.3, 0.4) is 0 Å². The molecule has 2 aliphatic rings. The van der Waals surface area contributed by atoms with Gasteiger partial charge in [-0.3, -0.25) is 9.59 Å². The van der Waals surface area contributed by atoms with Crippen LogP contribution in [0, 0.1) is 5.92 Å². The van der Waals surface area contributed by atoms with Crippen LogP contribution in [0.1, 0.15) is 36.0 Å². The Kier molecular flexibility index (Phi) is 4.52. The molecule has 1 saturated heterocycles. The molecule has 0 spiro atoms. The van der Waals surface area contributed by atoms with Crippen LogP contribution in [0.5, 0.6) is 5.75 Å². The molecule has 0 aromatic heterocycles. The van der Waals surface area contributed by atoms with Crippen molar-refractivity contribution >= 4 is 11.8 Å². The number of carbonyl (C=O) groups excluding carboxylic acids is 2. The van der Waals surface area contributed by atoms with Crippen LogP contribution in [0.4, 0.5) is 0 Å². The van der Waals surface area contributed by atoms with E-state index in [1.807, 2.05) is 6.07 Å². The van der Waals surface area contributed by atoms with Crippen molar-refractivity contribution < 1.29 is 19.1 Å². The Morgan fingerprint density at radius 1 is 1.26 bits per heavy atom. The van der Waals surface area contributed by atoms with Gasteiger partial charge >= 0.3 is 0 Å². The number of carbonyl (C=O) groups is 2. The summed E-state index contributed by atoms with van der Waals surface area (Å²) < 4.78 is 11.0. The van der Waals surface area contributed by atoms with Crippen LogP contribution >= 0.6 is 0 Å². The van der Waals surface area contributed by atoms with E-state index < -0.39 is 11.4 Å². The summed E-state index contributed by atoms with van der Waals surface area (Å²) in [5, 5.41) is 2.82. The van der Waals surface area contributed by atoms with E-state index in [1.165, 1.54) is 12.8 Å². The average molecular weight is 318 g/mol. The standard InChI is InChI=1S/C17H22N2O4/c18-16(21)17(7-9-22-10-8-17)19-15(20)13-3-1-2-4-14(13)23-11-12-5-6-12/h1-4,12H,5-11H2,(H2,18,21)(H,19,20). The molecule has 2 amide bonds. The van der Waals surface area contributed by atoms with Crippen LogP contribution < -0.4 is 15.8 Å². The van der Waals surface area contributed by atoms with E-state index in [4.69, 9.17) is 15.2 Å². The zero-order chi connectivity index (χ0) is 16.3. The third kappa shape index (κ3) is 3.64. The highest BCUT2D eigenvalue weighted by Gasteiger charge is 2.40. The first-order chi connectivity index (χ1) is 11.1. The van der Waals surface area contributed by atoms with E-state index in [0.29, 0.717) is 49.9 Å². The van der Waals surface area contributed by atoms with Crippen molar-refractivity contribution in [3.8, 4) is 5.75 Å². The molecule has 1 heterocycles. The Morgan fingerprint density at radius 2 is 1.96 bits per heavy atom. The van der Waals surface area contributed by atoms with Gasteiger partial charge in [0.15, 0.2) is 0 Å². The van der Waals surface area contributed by atoms with Crippen molar-refractivity contribution in [2.24, 2.45) is 11.7 Å². The molecule has 1 aromatic carbocycles. The van der Waals surface area contributed by atoms with Crippen LogP contribution in [0.2, 0.25) is 0 Å². The van der Waals surface area contributed by atoms with Crippen LogP contribution in [-0.4, -0.2) is 37.2 Å². The molecule has 1 aliphatic carbocycles. The molecule has 23 heavy (non-hydrogen) atoms. The first-order valence-corrected chi connectivity index (χ1v) is 8.03. The minimum absolute atomic E-state index is 0.336. The monoisotopic (exact) mass is 318 g/mol. The smallest absolute Gasteiger partial charge is 0.255 e. The van der Waals surface area contributed by atoms with Gasteiger partial charge in [-0.2, -0.15) is 0 Å². The molecule has 2 fully saturated rings. The van der Waals surface area contributed by atoms with E-state index >= 15 is 0 Å². The number of nitrogens with one attached hydrogen (secondary N) is 1. The third-order valence-corrected chi connectivity index (χ3v) is 4.47. The lowest BCUT2D eigenvalue weighted by Crippen LogP contribution is -2.60. The highest BCUT2D eigenvalue weighted by molar-refractivity contribution is 6.00. The van der Waals surface area contributed by atoms with Crippen molar-refractivity contribution in [3.63, 3.8) is 0 Å². The van der Waals surface area contributed by atoms with E-state index in [2.05, 4.69) is 5.32 Å². The normalized spacial score (nSPS) is 19.8. The number of nitrogens with two attached hydrogens (primary N) is 1. The van der Waals surface area contributed by atoms with E-state index in [0.717, 1.165) is 0 Å². The fourth-order valence-corrected chi connectivity index (χ4v) is 2.71. The Labute approximate surface area is 135 Å². The summed E-state index contributed by atoms with van der Waals surface area (Å²) in [7, 11) is 0. The SMILES string of the molecule is NC(=O)C1(NC(=O)c2ccccc2OCC2CC2)CCOCC1. The maximum Gasteiger partial charge on any atom is 0.255 e. The maximum absolute atomic E-state index is 12.7. The van der Waals surface area contributed by atoms with Crippen LogP contribution in [0.25, 0.3) is 0 Å². The molecule has 6 heteroatoms. The second kappa shape index (κ2) is 6.58. The number of benzene rings is 1. The Morgan fingerprint density at radius 3 is 2.61 bits per heavy atom. The van der Waals surface area contributed by atoms with Crippen LogP contribution in [0.15, 0.2) is 24.3 Å². The third-order valence-electron chi connectivity index (χ3n) is 4.47. The number of hydrogen-bond donors (Lipinski definition) is 2. The number of para-hydroxylation sites is 1. The Balaban J connectivity index is 1.75. The predicted octanol–water partition coefficient (Wildman–Crippen LogP) is 1.24. The fraction of sp³-hybridized carbons (Fsp3) is 0.529. The summed E-state index contributed by atoms with van der Waals surface area (Å²) in [6.45, 7) is 1.44. The highest BCUT2D eigenvalue weighted by atomic mass is 16.5. The van der Waals surface area contributed by atoms with Crippen molar-refractivity contribution in [1.82, 2.24) is 5.32 Å². The van der Waals surface area contributed by atoms with Crippen molar-refractivity contribution in [1.29, 1.82) is 0 Å². The largest absolute Gasteiger partial charge is 0.492 e. The minimum atomic E-state index is -1.04. The van der Waals surface area contributed by atoms with Gasteiger partial charge in [0.2, 0.25) is 5.91 Å². The lowest BCUT2D eigenvalue weighted by atomic mass is 9.89. The Hall–Kier alpha value is -2.08. The summed E-state index contributed by atoms with van der Waals surface area (Å²) in [5.74, 6) is 0.282. The average Bonchev–Trinajstić information content (AvgIpc) is 3.38. The molecule has 0 unspecified atom stereocenters. The quantitative estimate of drug-likeness (QED) is 0.825. The van der Waals surface area contributed by atoms with Gasteiger partial charge in [0, 0.05) is 26.1 Å². The first kappa shape index (κ1) is 15.8. The first-order valence-electron chi connectivity index (χ1n) is 8.03. The lowest BCUT2D eigenvalue weighted by Gasteiger charge is -2.35. The molecule has 124 valence electrons. The molecule has 0 bridgehead atoms. The summed E-state index contributed by atoms with van der Waals surface area (Å²) in [5.41, 5.74) is 4.92. The zero-order valence-electron chi connectivity index (χ0n) is 13.0. The van der Waals surface area contributed by atoms with E-state index in [-0.39, 0.29) is 5.91 Å². The topological polar surface area (TPSA) is 90.7 Å². The van der Waals surface area contributed by atoms with Crippen molar-refractivity contribution in [3.05, 3.63) is 29.8 Å². The molecular formula is C17H22N2O4. The van der Waals surface area contributed by atoms with Crippen molar-refractivity contribution in [2.75, 3.05) is 19.8 Å². The number of rotatable bonds is 6. The lowest BCUT2D eigenvalue weighted by molar-refractivity contribution is -0.127. The number of amides is 2. The number of ether oxygens (including phenoxy) is 2. The molecule has 3 N–H and O–H groups in total. The van der Waals surface area contributed by atoms with Gasteiger partial charge in [-0.05, 0) is 30.9 Å². The van der Waals surface area contributed by atoms with Gasteiger partial charge in [-0.25, -0.2) is 0 Å². The van der Waals surface area contributed by atoms with Gasteiger partial charge in [0.1, 0.15) is 11.3 Å². The van der Waals surface area contributed by atoms with E-state index in [1.54, 1.807) is 18.2 Å². The van der Waals surface area contributed by atoms with Crippen molar-refractivity contribution in [2.45, 2.75) is 31.2 Å². The van der Waals surface area contributed by atoms with Gasteiger partial charge < -0.3 is 20.5 Å². The molecule has 0 atom stereocenters. The van der Waals surface area contributed by atoms with Gasteiger partial charge in [-0.15, -0.1) is 0 Å². The molecular weight excluding hydrogens is 296 g/mol. The zero-order valence-corrected chi connectivity index (χ0v) is 13.0. The summed E-state index contributed by atoms with van der Waals surface area (Å²) in [6.07, 6.45) is 3.14.